The van der Waals surface area contributed by atoms with Crippen molar-refractivity contribution in [2.24, 2.45) is 0 Å². The molecule has 0 unspecified atom stereocenters. The van der Waals surface area contributed by atoms with E-state index in [2.05, 4.69) is 103 Å². The molecule has 1 N–H and O–H groups in total. The van der Waals surface area contributed by atoms with Crippen LogP contribution >= 0.6 is 24.4 Å². The zero-order valence-electron chi connectivity index (χ0n) is 22.6. The Hall–Kier alpha value is -3.41. The highest BCUT2D eigenvalue weighted by atomic mass is 32.2. The van der Waals surface area contributed by atoms with Crippen LogP contribution in [0.4, 0.5) is 4.79 Å². The summed E-state index contributed by atoms with van der Waals surface area (Å²) in [7, 11) is 0. The molecule has 0 spiro atoms. The number of hydrogen-bond donors (Lipinski definition) is 2. The van der Waals surface area contributed by atoms with Gasteiger partial charge in [0.05, 0.1) is 0 Å². The number of benzene rings is 5. The number of alkyl carbamates (subject to hydrolysis) is 1. The molecular formula is C34H35NO2S2. The van der Waals surface area contributed by atoms with Crippen molar-refractivity contribution in [2.45, 2.75) is 48.6 Å². The van der Waals surface area contributed by atoms with Crippen molar-refractivity contribution in [3.05, 3.63) is 121 Å². The maximum atomic E-state index is 11.7. The van der Waals surface area contributed by atoms with Gasteiger partial charge in [-0.3, -0.25) is 0 Å². The summed E-state index contributed by atoms with van der Waals surface area (Å²) in [6, 6.07) is 40.3. The normalized spacial score (nSPS) is 11.9. The summed E-state index contributed by atoms with van der Waals surface area (Å²) < 4.78 is 5.22. The van der Waals surface area contributed by atoms with Gasteiger partial charge in [-0.2, -0.15) is 12.6 Å². The largest absolute Gasteiger partial charge is 0.444 e. The van der Waals surface area contributed by atoms with E-state index in [4.69, 9.17) is 4.74 Å². The highest BCUT2D eigenvalue weighted by Gasteiger charge is 2.19. The van der Waals surface area contributed by atoms with Crippen LogP contribution < -0.4 is 5.32 Å². The molecule has 0 aliphatic carbocycles. The number of thiol groups is 1. The Morgan fingerprint density at radius 3 is 1.72 bits per heavy atom. The van der Waals surface area contributed by atoms with E-state index in [-0.39, 0.29) is 6.04 Å². The standard InChI is InChI=1S/C20H14S.C14H21NO2S/c1-3-7-17-13-19(11-9-15(17)5-1)21-20-12-10-16-6-2-4-8-18(16)14-20;1-14(2,3)17-13(16)15-12(10-18)9-11-7-5-4-6-8-11/h1-14H;4-8,12,18H,9-10H2,1-3H3,(H,15,16)/t;12-/m.1/s1. The van der Waals surface area contributed by atoms with Gasteiger partial charge in [0.15, 0.2) is 0 Å². The molecule has 0 radical (unpaired) electrons. The third-order valence-corrected chi connectivity index (χ3v) is 7.36. The molecule has 0 saturated heterocycles. The maximum Gasteiger partial charge on any atom is 0.407 e. The number of carbonyl (C=O) groups excluding carboxylic acids is 1. The summed E-state index contributed by atoms with van der Waals surface area (Å²) >= 11 is 6.08. The minimum absolute atomic E-state index is 0.0226. The van der Waals surface area contributed by atoms with Crippen LogP contribution in [0, 0.1) is 0 Å². The summed E-state index contributed by atoms with van der Waals surface area (Å²) in [5, 5.41) is 8.01. The molecule has 0 bridgehead atoms. The van der Waals surface area contributed by atoms with Crippen molar-refractivity contribution in [3.8, 4) is 0 Å². The first-order valence-corrected chi connectivity index (χ1v) is 14.5. The van der Waals surface area contributed by atoms with Crippen molar-refractivity contribution in [1.82, 2.24) is 5.32 Å². The van der Waals surface area contributed by atoms with Crippen LogP contribution in [-0.2, 0) is 11.2 Å². The van der Waals surface area contributed by atoms with Gasteiger partial charge in [-0.05, 0) is 78.6 Å². The number of fused-ring (bicyclic) bond motifs is 2. The number of nitrogens with one attached hydrogen (secondary N) is 1. The van der Waals surface area contributed by atoms with Gasteiger partial charge in [0.1, 0.15) is 5.60 Å². The van der Waals surface area contributed by atoms with E-state index in [9.17, 15) is 4.79 Å². The van der Waals surface area contributed by atoms with Crippen LogP contribution in [0.1, 0.15) is 26.3 Å². The molecule has 5 heteroatoms. The molecule has 0 aliphatic heterocycles. The van der Waals surface area contributed by atoms with Gasteiger partial charge in [0, 0.05) is 21.6 Å². The van der Waals surface area contributed by atoms with Crippen molar-refractivity contribution in [2.75, 3.05) is 5.75 Å². The van der Waals surface area contributed by atoms with Crippen LogP contribution in [0.5, 0.6) is 0 Å². The molecule has 1 atom stereocenters. The minimum atomic E-state index is -0.474. The van der Waals surface area contributed by atoms with Crippen LogP contribution in [0.2, 0.25) is 0 Å². The first-order chi connectivity index (χ1) is 18.8. The fourth-order valence-corrected chi connectivity index (χ4v) is 5.27. The van der Waals surface area contributed by atoms with Gasteiger partial charge in [0.2, 0.25) is 0 Å². The van der Waals surface area contributed by atoms with E-state index in [1.54, 1.807) is 0 Å². The predicted octanol–water partition coefficient (Wildman–Crippen LogP) is 9.20. The summed E-state index contributed by atoms with van der Waals surface area (Å²) in [6.45, 7) is 5.54. The number of hydrogen-bond acceptors (Lipinski definition) is 4. The summed E-state index contributed by atoms with van der Waals surface area (Å²) in [6.07, 6.45) is 0.362. The van der Waals surface area contributed by atoms with Gasteiger partial charge in [0.25, 0.3) is 0 Å². The lowest BCUT2D eigenvalue weighted by atomic mass is 10.1. The van der Waals surface area contributed by atoms with Crippen molar-refractivity contribution in [3.63, 3.8) is 0 Å². The van der Waals surface area contributed by atoms with Gasteiger partial charge >= 0.3 is 6.09 Å². The summed E-state index contributed by atoms with van der Waals surface area (Å²) in [4.78, 5) is 14.2. The van der Waals surface area contributed by atoms with Crippen LogP contribution in [0.25, 0.3) is 21.5 Å². The van der Waals surface area contributed by atoms with E-state index < -0.39 is 11.7 Å². The molecule has 0 saturated carbocycles. The molecule has 5 aromatic rings. The van der Waals surface area contributed by atoms with Crippen molar-refractivity contribution in [1.29, 1.82) is 0 Å². The quantitative estimate of drug-likeness (QED) is 0.206. The molecule has 39 heavy (non-hydrogen) atoms. The second kappa shape index (κ2) is 13.6. The molecule has 200 valence electrons. The Morgan fingerprint density at radius 2 is 1.23 bits per heavy atom. The van der Waals surface area contributed by atoms with E-state index in [0.29, 0.717) is 5.75 Å². The molecule has 0 aromatic heterocycles. The zero-order valence-corrected chi connectivity index (χ0v) is 24.3. The zero-order chi connectivity index (χ0) is 27.7. The minimum Gasteiger partial charge on any atom is -0.444 e. The molecule has 0 aliphatic rings. The van der Waals surface area contributed by atoms with Crippen molar-refractivity contribution >= 4 is 52.0 Å². The molecule has 5 aromatic carbocycles. The molecule has 0 heterocycles. The number of rotatable bonds is 6. The second-order valence-electron chi connectivity index (χ2n) is 10.3. The fraction of sp³-hybridized carbons (Fsp3) is 0.206. The summed E-state index contributed by atoms with van der Waals surface area (Å²) in [5.74, 6) is 0.578. The SMILES string of the molecule is CC(C)(C)OC(=O)N[C@@H](CS)Cc1ccccc1.c1ccc2cc(Sc3ccc4ccccc4c3)ccc2c1. The highest BCUT2D eigenvalue weighted by Crippen LogP contribution is 2.32. The molecule has 5 rings (SSSR count). The maximum absolute atomic E-state index is 11.7. The molecule has 1 amide bonds. The Morgan fingerprint density at radius 1 is 0.744 bits per heavy atom. The predicted molar refractivity (Wildman–Crippen MR) is 169 cm³/mol. The second-order valence-corrected chi connectivity index (χ2v) is 11.8. The third-order valence-electron chi connectivity index (χ3n) is 5.94. The van der Waals surface area contributed by atoms with Gasteiger partial charge in [-0.15, -0.1) is 0 Å². The fourth-order valence-electron chi connectivity index (χ4n) is 4.13. The van der Waals surface area contributed by atoms with Gasteiger partial charge in [-0.25, -0.2) is 4.79 Å². The highest BCUT2D eigenvalue weighted by molar-refractivity contribution is 7.99. The first kappa shape index (κ1) is 28.6. The average Bonchev–Trinajstić information content (AvgIpc) is 2.92. The third kappa shape index (κ3) is 9.09. The topological polar surface area (TPSA) is 38.3 Å². The van der Waals surface area contributed by atoms with E-state index >= 15 is 0 Å². The lowest BCUT2D eigenvalue weighted by Gasteiger charge is -2.23. The van der Waals surface area contributed by atoms with Gasteiger partial charge < -0.3 is 10.1 Å². The monoisotopic (exact) mass is 553 g/mol. The Labute approximate surface area is 241 Å². The smallest absolute Gasteiger partial charge is 0.407 e. The lowest BCUT2D eigenvalue weighted by Crippen LogP contribution is -2.41. The molecule has 0 fully saturated rings. The molecule has 3 nitrogen and oxygen atoms in total. The van der Waals surface area contributed by atoms with E-state index in [0.717, 1.165) is 6.42 Å². The van der Waals surface area contributed by atoms with Crippen molar-refractivity contribution < 1.29 is 9.53 Å². The Balaban J connectivity index is 0.000000184. The van der Waals surface area contributed by atoms with Crippen LogP contribution in [-0.4, -0.2) is 23.5 Å². The van der Waals surface area contributed by atoms with Gasteiger partial charge in [-0.1, -0.05) is 103 Å². The molecular weight excluding hydrogens is 519 g/mol. The van der Waals surface area contributed by atoms with E-state index in [1.165, 1.54) is 36.9 Å². The average molecular weight is 554 g/mol. The summed E-state index contributed by atoms with van der Waals surface area (Å²) in [5.41, 5.74) is 0.699. The Kier molecular flexibility index (Phi) is 9.96. The first-order valence-electron chi connectivity index (χ1n) is 13.1. The number of ether oxygens (including phenoxy) is 1. The number of amides is 1. The van der Waals surface area contributed by atoms with E-state index in [1.807, 2.05) is 62.9 Å². The van der Waals surface area contributed by atoms with Crippen LogP contribution in [0.3, 0.4) is 0 Å². The lowest BCUT2D eigenvalue weighted by molar-refractivity contribution is 0.0509. The number of carbonyl (C=O) groups is 1. The van der Waals surface area contributed by atoms with Crippen LogP contribution in [0.15, 0.2) is 125 Å². The Bertz CT molecular complexity index is 1440.